The fraction of sp³-hybridized carbons (Fsp3) is 0.259. The fourth-order valence-corrected chi connectivity index (χ4v) is 12.3. The minimum atomic E-state index is -0.748. The van der Waals surface area contributed by atoms with E-state index in [1.165, 1.54) is 0 Å². The number of anilines is 3. The lowest BCUT2D eigenvalue weighted by molar-refractivity contribution is -0.581. The van der Waals surface area contributed by atoms with Crippen molar-refractivity contribution in [1.82, 2.24) is 0 Å². The van der Waals surface area contributed by atoms with Crippen molar-refractivity contribution in [3.63, 3.8) is 0 Å². The molecule has 10 heteroatoms. The molecule has 2 aliphatic carbocycles. The number of ketones is 2. The number of carbonyl (C=O) groups is 2. The van der Waals surface area contributed by atoms with Crippen LogP contribution in [0.15, 0.2) is 124 Å². The Hall–Kier alpha value is -6.65. The Labute approximate surface area is 375 Å². The Morgan fingerprint density at radius 2 is 1.30 bits per heavy atom. The normalized spacial score (nSPS) is 23.5. The summed E-state index contributed by atoms with van der Waals surface area (Å²) in [5.41, 5.74) is 2.51. The zero-order chi connectivity index (χ0) is 44.6. The molecule has 3 heterocycles. The molecule has 2 unspecified atom stereocenters. The van der Waals surface area contributed by atoms with Crippen molar-refractivity contribution >= 4 is 89.4 Å². The van der Waals surface area contributed by atoms with E-state index in [0.29, 0.717) is 45.9 Å². The SMILES string of the molecule is CCN1/C(=C/C2=C([O-])C(=c3\ccc4ccc(C5=C([O-])/C(=c6\ccc7cccc8c7c6=[NH+]C(C)(CC(C)C)N8)C5=O)c5c4c3=[NH+]C(C)(CC(C)C)N5)/C2=O)Sc2c1ccc1ccccc21. The first-order valence-corrected chi connectivity index (χ1v) is 23.1. The second-order valence-electron chi connectivity index (χ2n) is 19.1. The first-order chi connectivity index (χ1) is 30.7. The Bertz CT molecular complexity index is 3530. The maximum Gasteiger partial charge on any atom is 0.231 e. The van der Waals surface area contributed by atoms with Gasteiger partial charge in [0.2, 0.25) is 22.0 Å². The number of thioether (sulfide) groups is 1. The van der Waals surface area contributed by atoms with Crippen LogP contribution in [0.5, 0.6) is 0 Å². The van der Waals surface area contributed by atoms with Crippen molar-refractivity contribution in [2.45, 2.75) is 77.5 Å². The highest BCUT2D eigenvalue weighted by atomic mass is 32.2. The summed E-state index contributed by atoms with van der Waals surface area (Å²) in [6, 6.07) is 30.0. The molecule has 5 aliphatic rings. The summed E-state index contributed by atoms with van der Waals surface area (Å²) >= 11 is 1.59. The number of rotatable bonds is 7. The van der Waals surface area contributed by atoms with Gasteiger partial charge >= 0.3 is 0 Å². The van der Waals surface area contributed by atoms with Crippen LogP contribution >= 0.6 is 11.8 Å². The zero-order valence-electron chi connectivity index (χ0n) is 37.0. The van der Waals surface area contributed by atoms with Gasteiger partial charge in [0.05, 0.1) is 43.3 Å². The average Bonchev–Trinajstić information content (AvgIpc) is 3.62. The van der Waals surface area contributed by atoms with Crippen molar-refractivity contribution in [2.24, 2.45) is 11.8 Å². The van der Waals surface area contributed by atoms with E-state index in [4.69, 9.17) is 0 Å². The lowest BCUT2D eigenvalue weighted by atomic mass is 9.79. The first-order valence-electron chi connectivity index (χ1n) is 22.3. The third kappa shape index (κ3) is 5.91. The van der Waals surface area contributed by atoms with Crippen LogP contribution in [0.1, 0.15) is 66.9 Å². The molecular formula is C54H49N5O4S. The van der Waals surface area contributed by atoms with Gasteiger partial charge in [-0.1, -0.05) is 118 Å². The van der Waals surface area contributed by atoms with Gasteiger partial charge in [0.1, 0.15) is 0 Å². The largest absolute Gasteiger partial charge is 0.871 e. The van der Waals surface area contributed by atoms with Crippen molar-refractivity contribution in [3.8, 4) is 0 Å². The van der Waals surface area contributed by atoms with Crippen LogP contribution in [0.25, 0.3) is 49.0 Å². The Kier molecular flexibility index (Phi) is 8.89. The maximum atomic E-state index is 14.7. The van der Waals surface area contributed by atoms with Crippen LogP contribution in [-0.2, 0) is 9.59 Å². The molecule has 320 valence electrons. The van der Waals surface area contributed by atoms with Gasteiger partial charge in [0, 0.05) is 66.0 Å². The molecule has 0 saturated heterocycles. The molecule has 9 nitrogen and oxygen atoms in total. The summed E-state index contributed by atoms with van der Waals surface area (Å²) in [4.78, 5) is 39.7. The predicted octanol–water partition coefficient (Wildman–Crippen LogP) is 3.25. The standard InChI is InChI=1S/C54H49N5O4S/c1-8-59-38-23-19-29-12-9-10-14-32(29)52(38)64-39(59)24-36-48(60)42(49(36)61)33-21-17-31-18-22-35(47-41(31)46(33)57-54(7,58-47)26-28(4)5)44-50(62)43(51(44)63)34-20-16-30-13-11-15-37-40(30)45(34)56-53(6,55-37)25-27(2)3/h9-24,27-28,55,58,60,62H,8,25-26H2,1-7H3/b39-24-,42-33-,43-34-. The van der Waals surface area contributed by atoms with E-state index < -0.39 is 11.3 Å². The quantitative estimate of drug-likeness (QED) is 0.192. The third-order valence-corrected chi connectivity index (χ3v) is 14.5. The zero-order valence-corrected chi connectivity index (χ0v) is 37.8. The minimum absolute atomic E-state index is 0.123. The Morgan fingerprint density at radius 1 is 0.688 bits per heavy atom. The van der Waals surface area contributed by atoms with E-state index in [0.717, 1.165) is 65.4 Å². The number of nitrogens with one attached hydrogen (secondary N) is 4. The second-order valence-corrected chi connectivity index (χ2v) is 20.2. The Balaban J connectivity index is 1.09. The number of hydrogen-bond donors (Lipinski definition) is 4. The lowest BCUT2D eigenvalue weighted by Crippen LogP contribution is -2.95. The number of allylic oxidation sites excluding steroid dienone is 5. The lowest BCUT2D eigenvalue weighted by Gasteiger charge is -2.35. The number of carbonyl (C=O) groups excluding carboxylic acids is 2. The molecule has 4 N–H and O–H groups in total. The summed E-state index contributed by atoms with van der Waals surface area (Å²) in [6.45, 7) is 15.5. The smallest absolute Gasteiger partial charge is 0.231 e. The van der Waals surface area contributed by atoms with E-state index in [1.54, 1.807) is 17.8 Å². The second kappa shape index (κ2) is 14.2. The van der Waals surface area contributed by atoms with E-state index >= 15 is 0 Å². The van der Waals surface area contributed by atoms with Crippen molar-refractivity contribution in [2.75, 3.05) is 22.1 Å². The molecule has 2 atom stereocenters. The molecule has 64 heavy (non-hydrogen) atoms. The predicted molar refractivity (Wildman–Crippen MR) is 251 cm³/mol. The molecule has 6 aromatic carbocycles. The molecule has 3 aliphatic heterocycles. The van der Waals surface area contributed by atoms with Gasteiger partial charge in [0.25, 0.3) is 0 Å². The van der Waals surface area contributed by atoms with Crippen molar-refractivity contribution in [3.05, 3.63) is 146 Å². The minimum Gasteiger partial charge on any atom is -0.871 e. The molecule has 0 radical (unpaired) electrons. The highest BCUT2D eigenvalue weighted by Gasteiger charge is 2.41. The van der Waals surface area contributed by atoms with Gasteiger partial charge in [-0.25, -0.2) is 9.98 Å². The highest BCUT2D eigenvalue weighted by Crippen LogP contribution is 2.50. The van der Waals surface area contributed by atoms with Crippen molar-refractivity contribution in [1.29, 1.82) is 0 Å². The molecule has 0 amide bonds. The van der Waals surface area contributed by atoms with E-state index in [-0.39, 0.29) is 51.3 Å². The van der Waals surface area contributed by atoms with E-state index in [9.17, 15) is 19.8 Å². The van der Waals surface area contributed by atoms with Gasteiger partial charge in [-0.05, 0) is 70.6 Å². The van der Waals surface area contributed by atoms with E-state index in [1.807, 2.05) is 67.6 Å². The summed E-state index contributed by atoms with van der Waals surface area (Å²) < 4.78 is 0. The molecule has 11 rings (SSSR count). The summed E-state index contributed by atoms with van der Waals surface area (Å²) in [5.74, 6) is -0.594. The molecule has 6 aromatic rings. The van der Waals surface area contributed by atoms with Gasteiger partial charge < -0.3 is 25.7 Å². The van der Waals surface area contributed by atoms with Gasteiger partial charge in [-0.15, -0.1) is 0 Å². The number of hydrogen-bond acceptors (Lipinski definition) is 8. The number of Topliss-reactive ketones (excluding diaryl/α,β-unsaturated/α-hetero) is 2. The molecule has 0 spiro atoms. The topological polar surface area (TPSA) is 136 Å². The molecule has 0 aromatic heterocycles. The summed E-state index contributed by atoms with van der Waals surface area (Å²) in [6.07, 6.45) is 3.25. The van der Waals surface area contributed by atoms with Crippen LogP contribution in [0.2, 0.25) is 0 Å². The van der Waals surface area contributed by atoms with Gasteiger partial charge in [0.15, 0.2) is 11.6 Å². The highest BCUT2D eigenvalue weighted by molar-refractivity contribution is 8.04. The third-order valence-electron chi connectivity index (χ3n) is 13.3. The molecule has 0 saturated carbocycles. The van der Waals surface area contributed by atoms with Gasteiger partial charge in [-0.3, -0.25) is 9.59 Å². The first kappa shape index (κ1) is 40.1. The Morgan fingerprint density at radius 3 is 1.97 bits per heavy atom. The average molecular weight is 864 g/mol. The summed E-state index contributed by atoms with van der Waals surface area (Å²) in [5, 5.41) is 45.6. The maximum absolute atomic E-state index is 14.7. The molecule has 0 bridgehead atoms. The fourth-order valence-electron chi connectivity index (χ4n) is 11.0. The number of benzene rings is 6. The van der Waals surface area contributed by atoms with E-state index in [2.05, 4.69) is 97.4 Å². The van der Waals surface area contributed by atoms with Crippen LogP contribution in [-0.4, -0.2) is 29.4 Å². The number of nitrogens with zero attached hydrogens (tertiary/aromatic N) is 1. The summed E-state index contributed by atoms with van der Waals surface area (Å²) in [7, 11) is 0. The van der Waals surface area contributed by atoms with Gasteiger partial charge in [-0.2, -0.15) is 0 Å². The van der Waals surface area contributed by atoms with Crippen molar-refractivity contribution < 1.29 is 29.8 Å². The van der Waals surface area contributed by atoms with Crippen LogP contribution in [0.3, 0.4) is 0 Å². The van der Waals surface area contributed by atoms with Crippen LogP contribution in [0, 0.1) is 11.8 Å². The van der Waals surface area contributed by atoms with Crippen LogP contribution < -0.4 is 56.9 Å². The molecular weight excluding hydrogens is 815 g/mol. The number of fused-ring (bicyclic) bond motifs is 3. The molecule has 0 fully saturated rings. The monoisotopic (exact) mass is 863 g/mol. The van der Waals surface area contributed by atoms with Crippen LogP contribution in [0.4, 0.5) is 17.1 Å².